The third-order valence-electron chi connectivity index (χ3n) is 3.76. The molecule has 0 aromatic heterocycles. The van der Waals surface area contributed by atoms with E-state index in [0.717, 1.165) is 12.1 Å². The number of phosphoric acid groups is 1. The normalized spacial score (nSPS) is 13.4. The number of hydrogen-bond donors (Lipinski definition) is 6. The minimum absolute atomic E-state index is 0.166. The highest BCUT2D eigenvalue weighted by atomic mass is 31.2. The Morgan fingerprint density at radius 3 is 2.32 bits per heavy atom. The molecule has 2 aromatic rings. The van der Waals surface area contributed by atoms with Crippen LogP contribution in [0.3, 0.4) is 0 Å². The van der Waals surface area contributed by atoms with Crippen LogP contribution in [0.1, 0.15) is 22.8 Å². The van der Waals surface area contributed by atoms with Gasteiger partial charge in [0.15, 0.2) is 11.5 Å². The summed E-state index contributed by atoms with van der Waals surface area (Å²) < 4.78 is 15.2. The number of carbonyl (C=O) groups is 2. The monoisotopic (exact) mass is 410 g/mol. The molecule has 0 bridgehead atoms. The van der Waals surface area contributed by atoms with E-state index in [1.165, 1.54) is 13.0 Å². The van der Waals surface area contributed by atoms with E-state index in [1.807, 2.05) is 0 Å². The van der Waals surface area contributed by atoms with Gasteiger partial charge in [-0.3, -0.25) is 24.8 Å². The van der Waals surface area contributed by atoms with Gasteiger partial charge in [-0.15, -0.1) is 0 Å². The number of carboxylic acid groups (broad SMARTS) is 1. The molecule has 0 aliphatic heterocycles. The Morgan fingerprint density at radius 2 is 1.79 bits per heavy atom. The number of rotatable bonds is 8. The average Bonchev–Trinajstić information content (AvgIpc) is 2.61. The molecule has 0 unspecified atom stereocenters. The second-order valence-electron chi connectivity index (χ2n) is 6.14. The van der Waals surface area contributed by atoms with Crippen LogP contribution >= 0.6 is 7.82 Å². The van der Waals surface area contributed by atoms with Crippen LogP contribution in [0.4, 0.5) is 0 Å². The van der Waals surface area contributed by atoms with Crippen molar-refractivity contribution >= 4 is 19.7 Å². The lowest BCUT2D eigenvalue weighted by molar-refractivity contribution is -0.144. The van der Waals surface area contributed by atoms with Gasteiger partial charge in [0.2, 0.25) is 0 Å². The van der Waals surface area contributed by atoms with Crippen LogP contribution in [0.5, 0.6) is 11.5 Å². The number of hydrazine groups is 1. The summed E-state index contributed by atoms with van der Waals surface area (Å²) in [7, 11) is -4.85. The third-order valence-corrected chi connectivity index (χ3v) is 4.19. The van der Waals surface area contributed by atoms with Gasteiger partial charge in [-0.2, -0.15) is 0 Å². The molecule has 2 rings (SSSR count). The Kier molecular flexibility index (Phi) is 6.42. The van der Waals surface area contributed by atoms with Gasteiger partial charge in [0.25, 0.3) is 5.91 Å². The number of benzene rings is 2. The number of aliphatic carboxylic acids is 1. The summed E-state index contributed by atoms with van der Waals surface area (Å²) in [4.78, 5) is 41.4. The second kappa shape index (κ2) is 8.41. The maximum absolute atomic E-state index is 12.1. The SMILES string of the molecule is C[C@@](Cc1ccc(OP(=O)(O)O)c(O)c1)(NNC(=O)c1ccccc1)C(=O)O. The predicted octanol–water partition coefficient (Wildman–Crippen LogP) is 1.18. The molecule has 0 radical (unpaired) electrons. The molecule has 0 fully saturated rings. The number of phenols is 1. The molecular weight excluding hydrogens is 391 g/mol. The number of nitrogens with one attached hydrogen (secondary N) is 2. The maximum Gasteiger partial charge on any atom is 0.524 e. The van der Waals surface area contributed by atoms with Crippen molar-refractivity contribution in [3.63, 3.8) is 0 Å². The average molecular weight is 410 g/mol. The largest absolute Gasteiger partial charge is 0.524 e. The molecule has 1 atom stereocenters. The van der Waals surface area contributed by atoms with Crippen LogP contribution < -0.4 is 15.4 Å². The fraction of sp³-hybridized carbons (Fsp3) is 0.176. The Morgan fingerprint density at radius 1 is 1.14 bits per heavy atom. The van der Waals surface area contributed by atoms with E-state index in [1.54, 1.807) is 30.3 Å². The van der Waals surface area contributed by atoms with Gasteiger partial charge in [-0.25, -0.2) is 9.99 Å². The molecule has 0 aliphatic rings. The van der Waals surface area contributed by atoms with E-state index in [-0.39, 0.29) is 6.42 Å². The Balaban J connectivity index is 2.13. The molecule has 6 N–H and O–H groups in total. The van der Waals surface area contributed by atoms with Crippen molar-refractivity contribution in [2.75, 3.05) is 0 Å². The molecule has 150 valence electrons. The quantitative estimate of drug-likeness (QED) is 0.277. The molecule has 28 heavy (non-hydrogen) atoms. The summed E-state index contributed by atoms with van der Waals surface area (Å²) in [5.41, 5.74) is 3.83. The van der Waals surface area contributed by atoms with E-state index in [4.69, 9.17) is 9.79 Å². The second-order valence-corrected chi connectivity index (χ2v) is 7.31. The van der Waals surface area contributed by atoms with E-state index in [2.05, 4.69) is 15.4 Å². The van der Waals surface area contributed by atoms with Crippen molar-refractivity contribution in [3.05, 3.63) is 59.7 Å². The summed E-state index contributed by atoms with van der Waals surface area (Å²) in [6, 6.07) is 11.7. The zero-order valence-electron chi connectivity index (χ0n) is 14.7. The van der Waals surface area contributed by atoms with Crippen LogP contribution in [0.15, 0.2) is 48.5 Å². The molecule has 2 aromatic carbocycles. The number of phenolic OH excluding ortho intramolecular Hbond substituents is 1. The molecule has 11 heteroatoms. The van der Waals surface area contributed by atoms with Gasteiger partial charge in [0.1, 0.15) is 5.54 Å². The molecule has 10 nitrogen and oxygen atoms in total. The van der Waals surface area contributed by atoms with Crippen LogP contribution in [-0.4, -0.2) is 37.4 Å². The molecule has 0 spiro atoms. The van der Waals surface area contributed by atoms with Crippen molar-refractivity contribution < 1.29 is 38.7 Å². The highest BCUT2D eigenvalue weighted by molar-refractivity contribution is 7.46. The van der Waals surface area contributed by atoms with Gasteiger partial charge in [0, 0.05) is 12.0 Å². The third kappa shape index (κ3) is 5.80. The smallest absolute Gasteiger partial charge is 0.504 e. The van der Waals surface area contributed by atoms with Crippen molar-refractivity contribution in [1.29, 1.82) is 0 Å². The van der Waals surface area contributed by atoms with E-state index in [9.17, 15) is 24.4 Å². The summed E-state index contributed by atoms with van der Waals surface area (Å²) in [5.74, 6) is -2.81. The summed E-state index contributed by atoms with van der Waals surface area (Å²) in [6.45, 7) is 1.33. The minimum Gasteiger partial charge on any atom is -0.504 e. The molecular formula is C17H19N2O8P. The Hall–Kier alpha value is -2.91. The van der Waals surface area contributed by atoms with Crippen molar-refractivity contribution in [2.45, 2.75) is 18.9 Å². The molecule has 0 saturated heterocycles. The number of hydrogen-bond acceptors (Lipinski definition) is 6. The summed E-state index contributed by atoms with van der Waals surface area (Å²) in [5, 5.41) is 19.4. The van der Waals surface area contributed by atoms with Crippen LogP contribution in [0, 0.1) is 0 Å². The first-order chi connectivity index (χ1) is 13.0. The van der Waals surface area contributed by atoms with E-state index < -0.39 is 36.7 Å². The van der Waals surface area contributed by atoms with Gasteiger partial charge < -0.3 is 14.7 Å². The lowest BCUT2D eigenvalue weighted by atomic mass is 9.93. The topological polar surface area (TPSA) is 165 Å². The van der Waals surface area contributed by atoms with Crippen LogP contribution in [0.25, 0.3) is 0 Å². The predicted molar refractivity (Wildman–Crippen MR) is 97.6 cm³/mol. The number of amides is 1. The number of carbonyl (C=O) groups excluding carboxylic acids is 1. The van der Waals surface area contributed by atoms with Crippen molar-refractivity contribution in [3.8, 4) is 11.5 Å². The molecule has 0 aliphatic carbocycles. The van der Waals surface area contributed by atoms with E-state index >= 15 is 0 Å². The fourth-order valence-electron chi connectivity index (χ4n) is 2.32. The first-order valence-electron chi connectivity index (χ1n) is 7.93. The van der Waals surface area contributed by atoms with Crippen LogP contribution in [-0.2, 0) is 15.8 Å². The van der Waals surface area contributed by atoms with Crippen LogP contribution in [0.2, 0.25) is 0 Å². The maximum atomic E-state index is 12.1. The first kappa shape index (κ1) is 21.4. The Bertz CT molecular complexity index is 915. The number of carboxylic acids is 1. The number of phosphoric ester groups is 1. The zero-order valence-corrected chi connectivity index (χ0v) is 15.6. The molecule has 0 heterocycles. The minimum atomic E-state index is -4.85. The molecule has 1 amide bonds. The van der Waals surface area contributed by atoms with Gasteiger partial charge in [-0.1, -0.05) is 24.3 Å². The number of aromatic hydroxyl groups is 1. The van der Waals surface area contributed by atoms with Crippen molar-refractivity contribution in [2.24, 2.45) is 0 Å². The zero-order chi connectivity index (χ0) is 20.9. The first-order valence-corrected chi connectivity index (χ1v) is 9.46. The highest BCUT2D eigenvalue weighted by Crippen LogP contribution is 2.41. The standard InChI is InChI=1S/C17H19N2O8P/c1-17(16(22)23,19-18-15(21)12-5-3-2-4-6-12)10-11-7-8-14(13(20)9-11)27-28(24,25)26/h2-9,19-20H,10H2,1H3,(H,18,21)(H,22,23)(H2,24,25,26)/t17-/m0/s1. The summed E-state index contributed by atoms with van der Waals surface area (Å²) in [6.07, 6.45) is -0.166. The van der Waals surface area contributed by atoms with E-state index in [0.29, 0.717) is 11.1 Å². The van der Waals surface area contributed by atoms with Gasteiger partial charge >= 0.3 is 13.8 Å². The van der Waals surface area contributed by atoms with Crippen molar-refractivity contribution in [1.82, 2.24) is 10.9 Å². The Labute approximate surface area is 160 Å². The van der Waals surface area contributed by atoms with Gasteiger partial charge in [0.05, 0.1) is 0 Å². The summed E-state index contributed by atoms with van der Waals surface area (Å²) >= 11 is 0. The highest BCUT2D eigenvalue weighted by Gasteiger charge is 2.34. The fourth-order valence-corrected chi connectivity index (χ4v) is 2.73. The van der Waals surface area contributed by atoms with Gasteiger partial charge in [-0.05, 0) is 36.8 Å². The lowest BCUT2D eigenvalue weighted by Gasteiger charge is -2.27. The molecule has 0 saturated carbocycles. The lowest BCUT2D eigenvalue weighted by Crippen LogP contribution is -2.58.